The number of likely N-dealkylation sites (N-methyl/N-ethyl adjacent to an activating group) is 2. The van der Waals surface area contributed by atoms with Gasteiger partial charge in [0.25, 0.3) is 0 Å². The number of piperazine rings is 1. The fourth-order valence-corrected chi connectivity index (χ4v) is 5.48. The van der Waals surface area contributed by atoms with E-state index in [1.54, 1.807) is 6.33 Å². The lowest BCUT2D eigenvalue weighted by Gasteiger charge is -2.33. The van der Waals surface area contributed by atoms with Crippen LogP contribution < -0.4 is 4.90 Å². The van der Waals surface area contributed by atoms with Crippen molar-refractivity contribution in [2.24, 2.45) is 0 Å². The lowest BCUT2D eigenvalue weighted by atomic mass is 10.0. The van der Waals surface area contributed by atoms with Crippen LogP contribution in [0.15, 0.2) is 49.2 Å². The number of hydrogen-bond donors (Lipinski definition) is 1. The van der Waals surface area contributed by atoms with Crippen LogP contribution in [0.1, 0.15) is 5.69 Å². The molecule has 0 atom stereocenters. The zero-order chi connectivity index (χ0) is 24.2. The van der Waals surface area contributed by atoms with Crippen LogP contribution >= 0.6 is 0 Å². The van der Waals surface area contributed by atoms with Crippen LogP contribution in [0.25, 0.3) is 44.2 Å². The molecule has 0 radical (unpaired) electrons. The highest BCUT2D eigenvalue weighted by Crippen LogP contribution is 2.35. The predicted molar refractivity (Wildman–Crippen MR) is 142 cm³/mol. The molecular weight excluding hydrogens is 450 g/mol. The highest BCUT2D eigenvalue weighted by molar-refractivity contribution is 6.00. The van der Waals surface area contributed by atoms with E-state index in [0.29, 0.717) is 0 Å². The molecule has 9 nitrogen and oxygen atoms in total. The van der Waals surface area contributed by atoms with Gasteiger partial charge < -0.3 is 14.8 Å². The first kappa shape index (κ1) is 21.5. The quantitative estimate of drug-likeness (QED) is 0.425. The number of nitrogens with zero attached hydrogens (tertiary/aromatic N) is 8. The molecule has 2 aliphatic rings. The molecule has 9 heteroatoms. The fourth-order valence-electron chi connectivity index (χ4n) is 5.48. The van der Waals surface area contributed by atoms with E-state index in [1.807, 2.05) is 12.4 Å². The first-order valence-electron chi connectivity index (χ1n) is 12.5. The molecule has 2 aliphatic heterocycles. The van der Waals surface area contributed by atoms with Crippen molar-refractivity contribution >= 4 is 27.8 Å². The zero-order valence-electron chi connectivity index (χ0n) is 20.6. The van der Waals surface area contributed by atoms with E-state index in [2.05, 4.69) is 79.0 Å². The monoisotopic (exact) mass is 479 g/mol. The van der Waals surface area contributed by atoms with Gasteiger partial charge in [-0.05, 0) is 37.9 Å². The number of fused-ring (bicyclic) bond motifs is 3. The fraction of sp³-hybridized carbons (Fsp3) is 0.333. The molecule has 0 unspecified atom stereocenters. The van der Waals surface area contributed by atoms with Crippen molar-refractivity contribution in [3.8, 4) is 22.3 Å². The van der Waals surface area contributed by atoms with Crippen molar-refractivity contribution in [3.05, 3.63) is 54.9 Å². The smallest absolute Gasteiger partial charge is 0.139 e. The highest BCUT2D eigenvalue weighted by atomic mass is 15.3. The summed E-state index contributed by atoms with van der Waals surface area (Å²) in [6.45, 7) is 6.86. The first-order valence-corrected chi connectivity index (χ1v) is 12.5. The molecule has 0 amide bonds. The maximum atomic E-state index is 4.77. The number of benzene rings is 1. The van der Waals surface area contributed by atoms with Gasteiger partial charge in [-0.1, -0.05) is 6.07 Å². The van der Waals surface area contributed by atoms with Gasteiger partial charge in [0.05, 0.1) is 24.0 Å². The van der Waals surface area contributed by atoms with Crippen molar-refractivity contribution in [2.75, 3.05) is 51.7 Å². The van der Waals surface area contributed by atoms with Crippen molar-refractivity contribution in [1.29, 1.82) is 0 Å². The Kier molecular flexibility index (Phi) is 5.00. The van der Waals surface area contributed by atoms with Crippen LogP contribution in [0.3, 0.4) is 0 Å². The standard InChI is InChI=1S/C27H29N9/c1-33-5-8-35(9-6-33)27-21-11-18(3-4-24(21)30-17-31-27)22-14-29-26-20(22)12-19(13-28-26)23-15-32-36-10-7-34(2)16-25(23)36/h3-4,11-15,17H,5-10,16H2,1-2H3,(H,28,29). The van der Waals surface area contributed by atoms with Gasteiger partial charge in [0.15, 0.2) is 0 Å². The maximum absolute atomic E-state index is 4.77. The summed E-state index contributed by atoms with van der Waals surface area (Å²) in [5.41, 5.74) is 7.63. The van der Waals surface area contributed by atoms with Crippen molar-refractivity contribution in [3.63, 3.8) is 0 Å². The van der Waals surface area contributed by atoms with E-state index in [1.165, 1.54) is 5.69 Å². The van der Waals surface area contributed by atoms with Crippen LogP contribution in [0, 0.1) is 0 Å². The van der Waals surface area contributed by atoms with E-state index in [0.717, 1.165) is 95.8 Å². The van der Waals surface area contributed by atoms with Gasteiger partial charge in [-0.15, -0.1) is 0 Å². The number of pyridine rings is 1. The summed E-state index contributed by atoms with van der Waals surface area (Å²) < 4.78 is 2.13. The van der Waals surface area contributed by atoms with Gasteiger partial charge in [0.2, 0.25) is 0 Å². The molecule has 0 bridgehead atoms. The molecular formula is C27H29N9. The van der Waals surface area contributed by atoms with Crippen molar-refractivity contribution in [2.45, 2.75) is 13.1 Å². The molecule has 7 rings (SSSR count). The number of hydrogen-bond acceptors (Lipinski definition) is 7. The number of aromatic amines is 1. The Balaban J connectivity index is 1.31. The molecule has 0 aliphatic carbocycles. The summed E-state index contributed by atoms with van der Waals surface area (Å²) >= 11 is 0. The topological polar surface area (TPSA) is 82.0 Å². The molecule has 5 aromatic rings. The second-order valence-corrected chi connectivity index (χ2v) is 10.0. The van der Waals surface area contributed by atoms with Crippen LogP contribution in [0.4, 0.5) is 5.82 Å². The van der Waals surface area contributed by atoms with Crippen LogP contribution in [0.2, 0.25) is 0 Å². The lowest BCUT2D eigenvalue weighted by Crippen LogP contribution is -2.44. The Hall–Kier alpha value is -3.82. The summed E-state index contributed by atoms with van der Waals surface area (Å²) in [4.78, 5) is 24.5. The molecule has 0 saturated carbocycles. The summed E-state index contributed by atoms with van der Waals surface area (Å²) in [6.07, 6.45) is 7.68. The molecule has 182 valence electrons. The summed E-state index contributed by atoms with van der Waals surface area (Å²) in [5, 5.41) is 6.84. The Labute approximate surface area is 209 Å². The highest BCUT2D eigenvalue weighted by Gasteiger charge is 2.21. The Morgan fingerprint density at radius 3 is 2.50 bits per heavy atom. The summed E-state index contributed by atoms with van der Waals surface area (Å²) in [6, 6.07) is 8.73. The van der Waals surface area contributed by atoms with E-state index in [-0.39, 0.29) is 0 Å². The lowest BCUT2D eigenvalue weighted by molar-refractivity contribution is 0.259. The molecule has 4 aromatic heterocycles. The Bertz CT molecular complexity index is 1580. The minimum Gasteiger partial charge on any atom is -0.353 e. The molecule has 1 N–H and O–H groups in total. The normalized spacial score (nSPS) is 17.2. The average molecular weight is 480 g/mol. The molecule has 6 heterocycles. The van der Waals surface area contributed by atoms with Crippen molar-refractivity contribution < 1.29 is 0 Å². The van der Waals surface area contributed by atoms with Gasteiger partial charge in [0, 0.05) is 79.1 Å². The third-order valence-electron chi connectivity index (χ3n) is 7.63. The molecule has 1 fully saturated rings. The van der Waals surface area contributed by atoms with E-state index < -0.39 is 0 Å². The molecule has 1 aromatic carbocycles. The zero-order valence-corrected chi connectivity index (χ0v) is 20.6. The minimum atomic E-state index is 0.885. The predicted octanol–water partition coefficient (Wildman–Crippen LogP) is 3.23. The minimum absolute atomic E-state index is 0.885. The number of nitrogens with one attached hydrogen (secondary N) is 1. The average Bonchev–Trinajstić information content (AvgIpc) is 3.52. The summed E-state index contributed by atoms with van der Waals surface area (Å²) in [7, 11) is 4.33. The largest absolute Gasteiger partial charge is 0.353 e. The number of anilines is 1. The van der Waals surface area contributed by atoms with Gasteiger partial charge in [-0.2, -0.15) is 5.10 Å². The second-order valence-electron chi connectivity index (χ2n) is 10.0. The van der Waals surface area contributed by atoms with Crippen LogP contribution in [-0.2, 0) is 13.1 Å². The maximum Gasteiger partial charge on any atom is 0.139 e. The molecule has 1 saturated heterocycles. The van der Waals surface area contributed by atoms with E-state index in [9.17, 15) is 0 Å². The third-order valence-corrected chi connectivity index (χ3v) is 7.63. The SMILES string of the molecule is CN1CCN(c2ncnc3ccc(-c4c[nH]c5ncc(-c6cnn7c6CN(C)CC7)cc45)cc23)CC1. The number of aromatic nitrogens is 6. The Morgan fingerprint density at radius 2 is 1.61 bits per heavy atom. The molecule has 0 spiro atoms. The van der Waals surface area contributed by atoms with E-state index >= 15 is 0 Å². The van der Waals surface area contributed by atoms with Gasteiger partial charge in [0.1, 0.15) is 17.8 Å². The van der Waals surface area contributed by atoms with E-state index in [4.69, 9.17) is 9.97 Å². The molecule has 36 heavy (non-hydrogen) atoms. The van der Waals surface area contributed by atoms with Crippen molar-refractivity contribution in [1.82, 2.24) is 39.5 Å². The Morgan fingerprint density at radius 1 is 0.778 bits per heavy atom. The van der Waals surface area contributed by atoms with Gasteiger partial charge in [-0.25, -0.2) is 15.0 Å². The van der Waals surface area contributed by atoms with Gasteiger partial charge >= 0.3 is 0 Å². The number of rotatable bonds is 3. The van der Waals surface area contributed by atoms with Crippen LogP contribution in [-0.4, -0.2) is 86.3 Å². The summed E-state index contributed by atoms with van der Waals surface area (Å²) in [5.74, 6) is 1.02. The van der Waals surface area contributed by atoms with Gasteiger partial charge in [-0.3, -0.25) is 9.58 Å². The second kappa shape index (κ2) is 8.39. The first-order chi connectivity index (χ1) is 17.6. The number of H-pyrrole nitrogens is 1. The third kappa shape index (κ3) is 3.54. The van der Waals surface area contributed by atoms with Crippen LogP contribution in [0.5, 0.6) is 0 Å².